The lowest BCUT2D eigenvalue weighted by molar-refractivity contribution is 0.169. The minimum absolute atomic E-state index is 0.0161. The molecule has 1 heterocycles. The number of rotatable bonds is 5. The van der Waals surface area contributed by atoms with Crippen LogP contribution in [0.15, 0.2) is 88.6 Å². The summed E-state index contributed by atoms with van der Waals surface area (Å²) in [4.78, 5) is 19.9. The molecule has 0 saturated carbocycles. The Kier molecular flexibility index (Phi) is 5.24. The van der Waals surface area contributed by atoms with Gasteiger partial charge in [0, 0.05) is 0 Å². The van der Waals surface area contributed by atoms with E-state index >= 15 is 0 Å². The molecule has 0 aliphatic heterocycles. The molecular weight excluding hydrogens is 400 g/mol. The molecule has 1 aromatic heterocycles. The lowest BCUT2D eigenvalue weighted by atomic mass is 10.0. The summed E-state index contributed by atoms with van der Waals surface area (Å²) in [5.41, 5.74) is 1.32. The smallest absolute Gasteiger partial charge is 0.271 e. The third-order valence-corrected chi connectivity index (χ3v) is 7.09. The Bertz CT molecular complexity index is 1350. The highest BCUT2D eigenvalue weighted by atomic mass is 32.2. The quantitative estimate of drug-likeness (QED) is 0.515. The van der Waals surface area contributed by atoms with Gasteiger partial charge in [-0.1, -0.05) is 60.2 Å². The van der Waals surface area contributed by atoms with Crippen molar-refractivity contribution in [1.29, 1.82) is 0 Å². The molecule has 0 spiro atoms. The molecule has 0 amide bonds. The Hall–Kier alpha value is -3.29. The van der Waals surface area contributed by atoms with E-state index < -0.39 is 26.8 Å². The lowest BCUT2D eigenvalue weighted by Gasteiger charge is -2.23. The van der Waals surface area contributed by atoms with E-state index in [1.165, 1.54) is 12.1 Å². The van der Waals surface area contributed by atoms with Crippen LogP contribution < -0.4 is 5.56 Å². The molecule has 0 aliphatic rings. The number of nitrogens with one attached hydrogen (secondary N) is 1. The maximum Gasteiger partial charge on any atom is 0.271 e. The predicted molar refractivity (Wildman–Crippen MR) is 115 cm³/mol. The van der Waals surface area contributed by atoms with Crippen molar-refractivity contribution in [3.05, 3.63) is 106 Å². The van der Waals surface area contributed by atoms with Crippen molar-refractivity contribution in [2.75, 3.05) is 0 Å². The number of fused-ring (bicyclic) bond motifs is 1. The summed E-state index contributed by atoms with van der Waals surface area (Å²) in [5.74, 6) is 0. The average Bonchev–Trinajstić information content (AvgIpc) is 2.75. The number of H-pyrrole nitrogens is 1. The molecule has 2 unspecified atom stereocenters. The fraction of sp³-hybridized carbons (Fsp3) is 0.130. The van der Waals surface area contributed by atoms with E-state index in [9.17, 15) is 18.3 Å². The molecule has 2 N–H and O–H groups in total. The van der Waals surface area contributed by atoms with Gasteiger partial charge in [0.1, 0.15) is 17.0 Å². The number of benzene rings is 3. The molecule has 3 aromatic carbocycles. The van der Waals surface area contributed by atoms with Crippen molar-refractivity contribution >= 4 is 20.9 Å². The summed E-state index contributed by atoms with van der Waals surface area (Å²) in [7, 11) is -4.14. The second-order valence-electron chi connectivity index (χ2n) is 7.10. The number of hydrogen-bond donors (Lipinski definition) is 2. The van der Waals surface area contributed by atoms with Gasteiger partial charge in [-0.2, -0.15) is 0 Å². The predicted octanol–water partition coefficient (Wildman–Crippen LogP) is 3.48. The summed E-state index contributed by atoms with van der Waals surface area (Å²) >= 11 is 0. The molecule has 30 heavy (non-hydrogen) atoms. The maximum atomic E-state index is 13.6. The van der Waals surface area contributed by atoms with Crippen molar-refractivity contribution in [2.45, 2.75) is 23.2 Å². The van der Waals surface area contributed by atoms with Gasteiger partial charge in [0.2, 0.25) is 0 Å². The van der Waals surface area contributed by atoms with Crippen LogP contribution in [0, 0.1) is 6.92 Å². The van der Waals surface area contributed by atoms with Crippen LogP contribution in [-0.2, 0) is 9.84 Å². The second-order valence-corrected chi connectivity index (χ2v) is 9.17. The van der Waals surface area contributed by atoms with Crippen molar-refractivity contribution in [3.8, 4) is 0 Å². The number of aryl methyl sites for hydroxylation is 1. The van der Waals surface area contributed by atoms with E-state index in [0.717, 1.165) is 5.56 Å². The Morgan fingerprint density at radius 2 is 1.53 bits per heavy atom. The zero-order valence-electron chi connectivity index (χ0n) is 16.2. The second kappa shape index (κ2) is 7.85. The molecule has 0 bridgehead atoms. The topological polar surface area (TPSA) is 100 Å². The first-order valence-electron chi connectivity index (χ1n) is 9.40. The van der Waals surface area contributed by atoms with E-state index in [1.807, 2.05) is 6.92 Å². The third-order valence-electron chi connectivity index (χ3n) is 5.01. The summed E-state index contributed by atoms with van der Waals surface area (Å²) in [6.45, 7) is 1.85. The standard InChI is InChI=1S/C23H20N2O4S/c1-15-11-13-17(14-12-15)30(28,29)22(21(26)16-7-3-2-4-8-16)20-23(27)25-19-10-6-5-9-18(19)24-20/h2-14,21-22,26H,1H3,(H,25,27). The van der Waals surface area contributed by atoms with Crippen LogP contribution in [-0.4, -0.2) is 23.5 Å². The highest BCUT2D eigenvalue weighted by Crippen LogP contribution is 2.37. The number of aromatic nitrogens is 2. The fourth-order valence-corrected chi connectivity index (χ4v) is 5.16. The van der Waals surface area contributed by atoms with Crippen molar-refractivity contribution in [2.24, 2.45) is 0 Å². The van der Waals surface area contributed by atoms with Crippen LogP contribution in [0.25, 0.3) is 11.0 Å². The molecule has 4 aromatic rings. The van der Waals surface area contributed by atoms with Crippen molar-refractivity contribution in [3.63, 3.8) is 0 Å². The summed E-state index contributed by atoms with van der Waals surface area (Å²) in [6.07, 6.45) is -1.48. The van der Waals surface area contributed by atoms with Gasteiger partial charge in [0.15, 0.2) is 9.84 Å². The summed E-state index contributed by atoms with van der Waals surface area (Å²) in [6, 6.07) is 21.6. The molecule has 2 atom stereocenters. The molecule has 0 aliphatic carbocycles. The van der Waals surface area contributed by atoms with Crippen LogP contribution in [0.3, 0.4) is 0 Å². The van der Waals surface area contributed by atoms with E-state index in [4.69, 9.17) is 0 Å². The Morgan fingerprint density at radius 1 is 0.900 bits per heavy atom. The summed E-state index contributed by atoms with van der Waals surface area (Å²) in [5, 5.41) is 9.54. The number of aromatic amines is 1. The highest BCUT2D eigenvalue weighted by Gasteiger charge is 2.39. The number of para-hydroxylation sites is 2. The molecule has 152 valence electrons. The van der Waals surface area contributed by atoms with Crippen LogP contribution in [0.4, 0.5) is 0 Å². The normalized spacial score (nSPS) is 13.8. The SMILES string of the molecule is Cc1ccc(S(=O)(=O)C(c2nc3ccccc3[nH]c2=O)C(O)c2ccccc2)cc1. The Morgan fingerprint density at radius 3 is 2.23 bits per heavy atom. The van der Waals surface area contributed by atoms with Gasteiger partial charge >= 0.3 is 0 Å². The van der Waals surface area contributed by atoms with Gasteiger partial charge < -0.3 is 10.1 Å². The van der Waals surface area contributed by atoms with E-state index in [0.29, 0.717) is 16.6 Å². The van der Waals surface area contributed by atoms with E-state index in [1.54, 1.807) is 66.7 Å². The van der Waals surface area contributed by atoms with Gasteiger partial charge in [-0.05, 0) is 36.8 Å². The zero-order valence-corrected chi connectivity index (χ0v) is 17.0. The molecule has 7 heteroatoms. The van der Waals surface area contributed by atoms with Gasteiger partial charge in [0.25, 0.3) is 5.56 Å². The van der Waals surface area contributed by atoms with E-state index in [-0.39, 0.29) is 10.6 Å². The van der Waals surface area contributed by atoms with Crippen LogP contribution in [0.5, 0.6) is 0 Å². The number of hydrogen-bond acceptors (Lipinski definition) is 5. The first-order chi connectivity index (χ1) is 14.4. The van der Waals surface area contributed by atoms with Crippen molar-refractivity contribution < 1.29 is 13.5 Å². The highest BCUT2D eigenvalue weighted by molar-refractivity contribution is 7.91. The molecule has 4 rings (SSSR count). The van der Waals surface area contributed by atoms with Gasteiger partial charge in [0.05, 0.1) is 15.9 Å². The van der Waals surface area contributed by atoms with Gasteiger partial charge in [-0.15, -0.1) is 0 Å². The van der Waals surface area contributed by atoms with Gasteiger partial charge in [-0.25, -0.2) is 13.4 Å². The van der Waals surface area contributed by atoms with E-state index in [2.05, 4.69) is 9.97 Å². The van der Waals surface area contributed by atoms with Crippen LogP contribution >= 0.6 is 0 Å². The number of aliphatic hydroxyl groups excluding tert-OH is 1. The zero-order chi connectivity index (χ0) is 21.3. The first kappa shape index (κ1) is 20.0. The minimum Gasteiger partial charge on any atom is -0.387 e. The third kappa shape index (κ3) is 3.65. The molecule has 0 fully saturated rings. The Balaban J connectivity index is 1.96. The first-order valence-corrected chi connectivity index (χ1v) is 10.9. The molecule has 0 saturated heterocycles. The van der Waals surface area contributed by atoms with Crippen molar-refractivity contribution in [1.82, 2.24) is 9.97 Å². The Labute approximate surface area is 173 Å². The minimum atomic E-state index is -4.14. The maximum absolute atomic E-state index is 13.6. The number of aliphatic hydroxyl groups is 1. The molecular formula is C23H20N2O4S. The van der Waals surface area contributed by atoms with Gasteiger partial charge in [-0.3, -0.25) is 4.79 Å². The molecule has 0 radical (unpaired) electrons. The lowest BCUT2D eigenvalue weighted by Crippen LogP contribution is -2.29. The van der Waals surface area contributed by atoms with Crippen LogP contribution in [0.2, 0.25) is 0 Å². The monoisotopic (exact) mass is 420 g/mol. The fourth-order valence-electron chi connectivity index (χ4n) is 3.40. The number of sulfone groups is 1. The average molecular weight is 420 g/mol. The summed E-state index contributed by atoms with van der Waals surface area (Å²) < 4.78 is 27.2. The van der Waals surface area contributed by atoms with Crippen LogP contribution in [0.1, 0.15) is 28.2 Å². The molecule has 6 nitrogen and oxygen atoms in total. The number of nitrogens with zero attached hydrogens (tertiary/aromatic N) is 1. The largest absolute Gasteiger partial charge is 0.387 e.